The number of carbonyl (C=O) groups is 6. The lowest BCUT2D eigenvalue weighted by molar-refractivity contribution is -0.144. The van der Waals surface area contributed by atoms with Gasteiger partial charge in [-0.05, 0) is 65.2 Å². The van der Waals surface area contributed by atoms with E-state index in [1.807, 2.05) is 23.6 Å². The standard InChI is InChI=1S/C39H40N4O8S/c44-29-9-4-8-26(19-29)21-32-37(48)42-31(20-24-6-2-1-3-7-24)34(45)22-27(39(50)51)18-25-11-13-28(14-12-25)40-35(46)15-16-36(47)41-33(38(49)43-32)23-30-10-5-17-52-30/h1-14,17,19,27,31-33,44H,15-16,18,20-23H2,(H,40,46)(H,41,47)(H,42,48)(H,43,49)(H,50,51)/t27-,31-,32+,33-/m1/s1. The van der Waals surface area contributed by atoms with Gasteiger partial charge in [0.1, 0.15) is 17.8 Å². The summed E-state index contributed by atoms with van der Waals surface area (Å²) in [5.41, 5.74) is 2.31. The summed E-state index contributed by atoms with van der Waals surface area (Å²) in [6.07, 6.45) is -0.653. The van der Waals surface area contributed by atoms with Crippen LogP contribution in [-0.2, 0) is 54.5 Å². The van der Waals surface area contributed by atoms with E-state index in [0.717, 1.165) is 10.4 Å². The van der Waals surface area contributed by atoms with Crippen LogP contribution in [0.4, 0.5) is 5.69 Å². The predicted molar refractivity (Wildman–Crippen MR) is 195 cm³/mol. The Morgan fingerprint density at radius 2 is 1.33 bits per heavy atom. The van der Waals surface area contributed by atoms with Gasteiger partial charge in [-0.15, -0.1) is 11.3 Å². The highest BCUT2D eigenvalue weighted by Crippen LogP contribution is 2.20. The van der Waals surface area contributed by atoms with Crippen LogP contribution in [-0.4, -0.2) is 63.7 Å². The first kappa shape index (κ1) is 37.4. The minimum absolute atomic E-state index is 0.0171. The molecule has 270 valence electrons. The highest BCUT2D eigenvalue weighted by Gasteiger charge is 2.32. The van der Waals surface area contributed by atoms with Gasteiger partial charge in [-0.3, -0.25) is 28.8 Å². The molecule has 52 heavy (non-hydrogen) atoms. The summed E-state index contributed by atoms with van der Waals surface area (Å²) < 4.78 is 0. The maximum atomic E-state index is 14.1. The quantitative estimate of drug-likeness (QED) is 0.156. The molecule has 0 radical (unpaired) electrons. The number of carboxylic acid groups (broad SMARTS) is 1. The van der Waals surface area contributed by atoms with Crippen LogP contribution in [0.3, 0.4) is 0 Å². The summed E-state index contributed by atoms with van der Waals surface area (Å²) in [6.45, 7) is 0. The van der Waals surface area contributed by atoms with Crippen LogP contribution in [0.25, 0.3) is 0 Å². The second kappa shape index (κ2) is 17.9. The zero-order valence-corrected chi connectivity index (χ0v) is 29.1. The number of Topliss-reactive ketones (excluding diaryl/α,β-unsaturated/α-hetero) is 1. The Bertz CT molecular complexity index is 1880. The van der Waals surface area contributed by atoms with Crippen LogP contribution in [0.5, 0.6) is 5.75 Å². The van der Waals surface area contributed by atoms with Crippen molar-refractivity contribution in [2.75, 3.05) is 5.32 Å². The number of aromatic hydroxyl groups is 1. The van der Waals surface area contributed by atoms with Gasteiger partial charge in [0.15, 0.2) is 5.78 Å². The second-order valence-electron chi connectivity index (χ2n) is 12.7. The summed E-state index contributed by atoms with van der Waals surface area (Å²) >= 11 is 1.39. The summed E-state index contributed by atoms with van der Waals surface area (Å²) in [5, 5.41) is 33.1. The topological polar surface area (TPSA) is 191 Å². The molecule has 6 N–H and O–H groups in total. The van der Waals surface area contributed by atoms with Crippen molar-refractivity contribution in [3.05, 3.63) is 118 Å². The molecule has 2 bridgehead atoms. The molecule has 0 unspecified atom stereocenters. The lowest BCUT2D eigenvalue weighted by Crippen LogP contribution is -2.57. The van der Waals surface area contributed by atoms with Crippen molar-refractivity contribution >= 4 is 52.4 Å². The van der Waals surface area contributed by atoms with Crippen molar-refractivity contribution in [3.8, 4) is 5.75 Å². The zero-order valence-electron chi connectivity index (χ0n) is 28.2. The van der Waals surface area contributed by atoms with Crippen LogP contribution in [0.15, 0.2) is 96.4 Å². The highest BCUT2D eigenvalue weighted by molar-refractivity contribution is 7.09. The number of carboxylic acids is 1. The molecule has 2 aliphatic rings. The third-order valence-corrected chi connectivity index (χ3v) is 9.60. The Morgan fingerprint density at radius 3 is 2.00 bits per heavy atom. The van der Waals surface area contributed by atoms with Gasteiger partial charge in [0.05, 0.1) is 12.0 Å². The van der Waals surface area contributed by atoms with Gasteiger partial charge in [-0.25, -0.2) is 0 Å². The van der Waals surface area contributed by atoms with Gasteiger partial charge in [0.2, 0.25) is 23.6 Å². The molecule has 2 aliphatic heterocycles. The number of phenolic OH excluding ortho intramolecular Hbond substituents is 1. The largest absolute Gasteiger partial charge is 0.508 e. The number of anilines is 1. The van der Waals surface area contributed by atoms with Crippen molar-refractivity contribution in [1.29, 1.82) is 0 Å². The van der Waals surface area contributed by atoms with Crippen LogP contribution >= 0.6 is 11.3 Å². The van der Waals surface area contributed by atoms with E-state index < -0.39 is 59.4 Å². The minimum atomic E-state index is -1.27. The average Bonchev–Trinajstić information content (AvgIpc) is 3.63. The molecular formula is C39H40N4O8S. The monoisotopic (exact) mass is 724 g/mol. The number of phenols is 1. The number of hydrogen-bond acceptors (Lipinski definition) is 8. The maximum Gasteiger partial charge on any atom is 0.307 e. The van der Waals surface area contributed by atoms with Crippen LogP contribution in [0, 0.1) is 5.92 Å². The van der Waals surface area contributed by atoms with Gasteiger partial charge < -0.3 is 31.5 Å². The van der Waals surface area contributed by atoms with E-state index in [9.17, 15) is 39.0 Å². The van der Waals surface area contributed by atoms with E-state index in [1.165, 1.54) is 23.5 Å². The Labute approximate surface area is 304 Å². The predicted octanol–water partition coefficient (Wildman–Crippen LogP) is 3.57. The Kier molecular flexibility index (Phi) is 12.9. The van der Waals surface area contributed by atoms with Gasteiger partial charge in [-0.2, -0.15) is 0 Å². The van der Waals surface area contributed by atoms with Crippen molar-refractivity contribution in [2.24, 2.45) is 5.92 Å². The number of hydrogen-bond donors (Lipinski definition) is 6. The molecular weight excluding hydrogens is 685 g/mol. The smallest absolute Gasteiger partial charge is 0.307 e. The fourth-order valence-electron chi connectivity index (χ4n) is 5.97. The molecule has 0 fully saturated rings. The molecule has 4 aromatic rings. The van der Waals surface area contributed by atoms with Gasteiger partial charge in [0.25, 0.3) is 0 Å². The molecule has 1 aromatic heterocycles. The first-order chi connectivity index (χ1) is 25.0. The molecule has 0 spiro atoms. The summed E-state index contributed by atoms with van der Waals surface area (Å²) in [5.74, 6) is -5.22. The number of carbonyl (C=O) groups excluding carboxylic acids is 5. The number of amides is 4. The maximum absolute atomic E-state index is 14.1. The number of rotatable bonds is 7. The van der Waals surface area contributed by atoms with E-state index in [4.69, 9.17) is 0 Å². The fraction of sp³-hybridized carbons (Fsp3) is 0.282. The summed E-state index contributed by atoms with van der Waals surface area (Å²) in [7, 11) is 0. The number of ketones is 1. The third-order valence-electron chi connectivity index (χ3n) is 8.70. The SMILES string of the molecule is O=C1CCC(=O)N[C@H](Cc2cccs2)C(=O)N[C@@H](Cc2cccc(O)c2)C(=O)N[C@H](Cc2ccccc2)C(=O)C[C@H](C(=O)O)Cc2ccc(cc2)N1. The lowest BCUT2D eigenvalue weighted by atomic mass is 9.90. The molecule has 3 aromatic carbocycles. The van der Waals surface area contributed by atoms with E-state index in [-0.39, 0.29) is 50.7 Å². The number of nitrogens with one attached hydrogen (secondary N) is 4. The summed E-state index contributed by atoms with van der Waals surface area (Å²) in [6, 6.07) is 21.8. The van der Waals surface area contributed by atoms with Crippen LogP contribution in [0.2, 0.25) is 0 Å². The molecule has 4 amide bonds. The van der Waals surface area contributed by atoms with Crippen molar-refractivity contribution in [3.63, 3.8) is 0 Å². The zero-order chi connectivity index (χ0) is 37.0. The lowest BCUT2D eigenvalue weighted by Gasteiger charge is -2.26. The molecule has 12 nitrogen and oxygen atoms in total. The van der Waals surface area contributed by atoms with Gasteiger partial charge in [0, 0.05) is 42.7 Å². The van der Waals surface area contributed by atoms with Crippen LogP contribution in [0.1, 0.15) is 40.8 Å². The van der Waals surface area contributed by atoms with Crippen LogP contribution < -0.4 is 21.3 Å². The second-order valence-corrected chi connectivity index (χ2v) is 13.8. The first-order valence-electron chi connectivity index (χ1n) is 16.9. The molecule has 13 heteroatoms. The molecule has 0 aliphatic carbocycles. The molecule has 3 heterocycles. The van der Waals surface area contributed by atoms with Crippen molar-refractivity contribution < 1.29 is 39.0 Å². The minimum Gasteiger partial charge on any atom is -0.508 e. The first-order valence-corrected chi connectivity index (χ1v) is 17.8. The van der Waals surface area contributed by atoms with E-state index in [1.54, 1.807) is 60.7 Å². The molecule has 0 saturated carbocycles. The summed E-state index contributed by atoms with van der Waals surface area (Å²) in [4.78, 5) is 81.0. The number of fused-ring (bicyclic) bond motifs is 18. The number of aliphatic carboxylic acids is 1. The Balaban J connectivity index is 1.50. The molecule has 0 saturated heterocycles. The average molecular weight is 725 g/mol. The molecule has 6 rings (SSSR count). The van der Waals surface area contributed by atoms with E-state index in [0.29, 0.717) is 16.8 Å². The Morgan fingerprint density at radius 1 is 0.673 bits per heavy atom. The van der Waals surface area contributed by atoms with Crippen molar-refractivity contribution in [1.82, 2.24) is 16.0 Å². The van der Waals surface area contributed by atoms with Gasteiger partial charge >= 0.3 is 5.97 Å². The number of thiophene rings is 1. The fourth-order valence-corrected chi connectivity index (χ4v) is 6.72. The van der Waals surface area contributed by atoms with Gasteiger partial charge in [-0.1, -0.05) is 60.7 Å². The highest BCUT2D eigenvalue weighted by atomic mass is 32.1. The van der Waals surface area contributed by atoms with Crippen molar-refractivity contribution in [2.45, 2.75) is 63.1 Å². The molecule has 4 atom stereocenters. The third kappa shape index (κ3) is 11.1. The Hall–Kier alpha value is -5.82. The number of benzene rings is 3. The van der Waals surface area contributed by atoms with E-state index in [2.05, 4.69) is 21.3 Å². The van der Waals surface area contributed by atoms with E-state index >= 15 is 0 Å². The normalized spacial score (nSPS) is 20.9.